The molecule has 102 valence electrons. The molecule has 1 spiro atoms. The minimum absolute atomic E-state index is 0.530. The molecule has 2 heterocycles. The number of nitrogens with one attached hydrogen (secondary N) is 1. The Morgan fingerprint density at radius 2 is 2.21 bits per heavy atom. The smallest absolute Gasteiger partial charge is 0.156 e. The van der Waals surface area contributed by atoms with Crippen molar-refractivity contribution in [1.82, 2.24) is 10.3 Å². The molecular formula is C15H21N3S. The van der Waals surface area contributed by atoms with Crippen LogP contribution in [0.2, 0.25) is 0 Å². The molecule has 1 fully saturated rings. The lowest BCUT2D eigenvalue weighted by Crippen LogP contribution is -2.33. The van der Waals surface area contributed by atoms with Crippen LogP contribution < -0.4 is 5.32 Å². The van der Waals surface area contributed by atoms with E-state index in [1.165, 1.54) is 42.6 Å². The standard InChI is InChI=1S/C15H21N3S/c1-12-8-16-7-4-13(12)9-17-14-18-10-15(11-19-14)5-2-3-6-15/h4,7-8H,2-3,5-6,9-11H2,1H3,(H,17,18). The summed E-state index contributed by atoms with van der Waals surface area (Å²) >= 11 is 1.91. The van der Waals surface area contributed by atoms with Crippen LogP contribution in [0, 0.1) is 12.3 Å². The van der Waals surface area contributed by atoms with Gasteiger partial charge in [0.2, 0.25) is 0 Å². The minimum atomic E-state index is 0.530. The Hall–Kier alpha value is -1.03. The summed E-state index contributed by atoms with van der Waals surface area (Å²) in [6.07, 6.45) is 9.32. The summed E-state index contributed by atoms with van der Waals surface area (Å²) < 4.78 is 0. The molecule has 0 amide bonds. The van der Waals surface area contributed by atoms with E-state index in [4.69, 9.17) is 4.99 Å². The highest BCUT2D eigenvalue weighted by atomic mass is 32.2. The summed E-state index contributed by atoms with van der Waals surface area (Å²) in [6, 6.07) is 2.08. The van der Waals surface area contributed by atoms with Crippen LogP contribution in [0.15, 0.2) is 23.5 Å². The van der Waals surface area contributed by atoms with Gasteiger partial charge in [-0.1, -0.05) is 24.6 Å². The molecule has 1 aliphatic carbocycles. The van der Waals surface area contributed by atoms with Crippen LogP contribution >= 0.6 is 11.8 Å². The SMILES string of the molecule is Cc1cnccc1CNC1=NCC2(CCCC2)CS1. The average Bonchev–Trinajstić information content (AvgIpc) is 2.88. The van der Waals surface area contributed by atoms with Crippen LogP contribution in [0.4, 0.5) is 0 Å². The summed E-state index contributed by atoms with van der Waals surface area (Å²) in [5, 5.41) is 4.59. The highest BCUT2D eigenvalue weighted by molar-refractivity contribution is 8.13. The summed E-state index contributed by atoms with van der Waals surface area (Å²) in [4.78, 5) is 8.89. The molecule has 0 unspecified atom stereocenters. The van der Waals surface area contributed by atoms with Gasteiger partial charge < -0.3 is 5.32 Å². The van der Waals surface area contributed by atoms with Crippen LogP contribution in [-0.4, -0.2) is 22.4 Å². The van der Waals surface area contributed by atoms with Gasteiger partial charge in [0, 0.05) is 31.2 Å². The number of thioether (sulfide) groups is 1. The molecule has 4 heteroatoms. The van der Waals surface area contributed by atoms with Crippen molar-refractivity contribution in [3.05, 3.63) is 29.6 Å². The summed E-state index contributed by atoms with van der Waals surface area (Å²) in [5.41, 5.74) is 3.07. The lowest BCUT2D eigenvalue weighted by molar-refractivity contribution is 0.358. The highest BCUT2D eigenvalue weighted by Crippen LogP contribution is 2.43. The van der Waals surface area contributed by atoms with E-state index >= 15 is 0 Å². The van der Waals surface area contributed by atoms with E-state index in [1.807, 2.05) is 24.2 Å². The first-order valence-electron chi connectivity index (χ1n) is 7.08. The number of nitrogens with zero attached hydrogens (tertiary/aromatic N) is 2. The first kappa shape index (κ1) is 13.0. The van der Waals surface area contributed by atoms with E-state index in [0.717, 1.165) is 18.3 Å². The number of hydrogen-bond acceptors (Lipinski definition) is 4. The van der Waals surface area contributed by atoms with Crippen molar-refractivity contribution in [2.75, 3.05) is 12.3 Å². The normalized spacial score (nSPS) is 21.4. The zero-order valence-corrected chi connectivity index (χ0v) is 12.3. The maximum Gasteiger partial charge on any atom is 0.156 e. The van der Waals surface area contributed by atoms with E-state index in [-0.39, 0.29) is 0 Å². The maximum absolute atomic E-state index is 4.76. The third-order valence-electron chi connectivity index (χ3n) is 4.30. The van der Waals surface area contributed by atoms with Crippen molar-refractivity contribution in [3.63, 3.8) is 0 Å². The van der Waals surface area contributed by atoms with Crippen LogP contribution in [0.25, 0.3) is 0 Å². The molecule has 1 saturated carbocycles. The molecule has 0 atom stereocenters. The Bertz CT molecular complexity index is 478. The first-order valence-corrected chi connectivity index (χ1v) is 8.07. The quantitative estimate of drug-likeness (QED) is 0.901. The predicted molar refractivity (Wildman–Crippen MR) is 81.5 cm³/mol. The lowest BCUT2D eigenvalue weighted by Gasteiger charge is -2.31. The van der Waals surface area contributed by atoms with Crippen molar-refractivity contribution in [3.8, 4) is 0 Å². The van der Waals surface area contributed by atoms with E-state index < -0.39 is 0 Å². The van der Waals surface area contributed by atoms with E-state index in [0.29, 0.717) is 5.41 Å². The van der Waals surface area contributed by atoms with Crippen molar-refractivity contribution in [1.29, 1.82) is 0 Å². The molecule has 1 aliphatic heterocycles. The number of hydrogen-bond donors (Lipinski definition) is 1. The van der Waals surface area contributed by atoms with Crippen LogP contribution in [0.3, 0.4) is 0 Å². The van der Waals surface area contributed by atoms with E-state index in [9.17, 15) is 0 Å². The zero-order chi connectivity index (χ0) is 13.1. The second-order valence-electron chi connectivity index (χ2n) is 5.77. The van der Waals surface area contributed by atoms with Crippen molar-refractivity contribution >= 4 is 16.9 Å². The third-order valence-corrected chi connectivity index (χ3v) is 5.61. The zero-order valence-electron chi connectivity index (χ0n) is 11.5. The molecule has 3 nitrogen and oxygen atoms in total. The Morgan fingerprint density at radius 3 is 2.89 bits per heavy atom. The fourth-order valence-electron chi connectivity index (χ4n) is 2.96. The average molecular weight is 275 g/mol. The number of aryl methyl sites for hydroxylation is 1. The number of rotatable bonds is 2. The summed E-state index contributed by atoms with van der Waals surface area (Å²) in [6.45, 7) is 3.98. The maximum atomic E-state index is 4.76. The highest BCUT2D eigenvalue weighted by Gasteiger charge is 2.36. The molecule has 0 aromatic carbocycles. The van der Waals surface area contributed by atoms with E-state index in [1.54, 1.807) is 0 Å². The topological polar surface area (TPSA) is 37.3 Å². The number of aliphatic imine (C=N–C) groups is 1. The van der Waals surface area contributed by atoms with Gasteiger partial charge in [0.25, 0.3) is 0 Å². The van der Waals surface area contributed by atoms with Gasteiger partial charge in [0.05, 0.1) is 0 Å². The molecule has 1 aromatic heterocycles. The molecule has 3 rings (SSSR count). The molecule has 0 bridgehead atoms. The largest absolute Gasteiger partial charge is 0.361 e. The van der Waals surface area contributed by atoms with Crippen LogP contribution in [-0.2, 0) is 6.54 Å². The Kier molecular flexibility index (Phi) is 3.78. The second-order valence-corrected chi connectivity index (χ2v) is 6.74. The molecule has 2 aliphatic rings. The molecule has 1 aromatic rings. The molecular weight excluding hydrogens is 254 g/mol. The Balaban J connectivity index is 1.57. The van der Waals surface area contributed by atoms with Crippen molar-refractivity contribution < 1.29 is 0 Å². The van der Waals surface area contributed by atoms with Crippen molar-refractivity contribution in [2.24, 2.45) is 10.4 Å². The van der Waals surface area contributed by atoms with Gasteiger partial charge >= 0.3 is 0 Å². The number of aromatic nitrogens is 1. The summed E-state index contributed by atoms with van der Waals surface area (Å²) in [7, 11) is 0. The number of amidine groups is 1. The van der Waals surface area contributed by atoms with Gasteiger partial charge in [-0.05, 0) is 42.4 Å². The van der Waals surface area contributed by atoms with Crippen LogP contribution in [0.1, 0.15) is 36.8 Å². The first-order chi connectivity index (χ1) is 9.27. The van der Waals surface area contributed by atoms with Gasteiger partial charge in [0.15, 0.2) is 5.17 Å². The van der Waals surface area contributed by atoms with Gasteiger partial charge in [-0.15, -0.1) is 0 Å². The van der Waals surface area contributed by atoms with Gasteiger partial charge in [-0.25, -0.2) is 0 Å². The third kappa shape index (κ3) is 2.94. The molecule has 0 radical (unpaired) electrons. The van der Waals surface area contributed by atoms with Gasteiger partial charge in [0.1, 0.15) is 0 Å². The molecule has 19 heavy (non-hydrogen) atoms. The Labute approximate surface area is 119 Å². The lowest BCUT2D eigenvalue weighted by atomic mass is 9.89. The van der Waals surface area contributed by atoms with Gasteiger partial charge in [-0.2, -0.15) is 0 Å². The summed E-state index contributed by atoms with van der Waals surface area (Å²) in [5.74, 6) is 1.24. The molecule has 1 N–H and O–H groups in total. The Morgan fingerprint density at radius 1 is 1.37 bits per heavy atom. The van der Waals surface area contributed by atoms with Crippen molar-refractivity contribution in [2.45, 2.75) is 39.2 Å². The number of pyridine rings is 1. The van der Waals surface area contributed by atoms with E-state index in [2.05, 4.69) is 23.3 Å². The monoisotopic (exact) mass is 275 g/mol. The second kappa shape index (κ2) is 5.53. The van der Waals surface area contributed by atoms with Crippen LogP contribution in [0.5, 0.6) is 0 Å². The molecule has 0 saturated heterocycles. The fraction of sp³-hybridized carbons (Fsp3) is 0.600. The van der Waals surface area contributed by atoms with Gasteiger partial charge in [-0.3, -0.25) is 9.98 Å². The minimum Gasteiger partial charge on any atom is -0.361 e. The predicted octanol–water partition coefficient (Wildman–Crippen LogP) is 3.14. The fourth-order valence-corrected chi connectivity index (χ4v) is 4.11.